The van der Waals surface area contributed by atoms with Crippen LogP contribution in [-0.4, -0.2) is 20.4 Å². The van der Waals surface area contributed by atoms with Gasteiger partial charge in [-0.1, -0.05) is 18.9 Å². The third-order valence-corrected chi connectivity index (χ3v) is 5.06. The zero-order valence-corrected chi connectivity index (χ0v) is 12.8. The van der Waals surface area contributed by atoms with Gasteiger partial charge in [0.05, 0.1) is 10.8 Å². The van der Waals surface area contributed by atoms with Crippen LogP contribution in [0.5, 0.6) is 0 Å². The molecule has 5 N–H and O–H groups in total. The third-order valence-electron chi connectivity index (χ3n) is 4.00. The van der Waals surface area contributed by atoms with Crippen molar-refractivity contribution >= 4 is 21.6 Å². The Morgan fingerprint density at radius 1 is 1.29 bits per heavy atom. The van der Waals surface area contributed by atoms with Crippen LogP contribution in [0.15, 0.2) is 23.1 Å². The van der Waals surface area contributed by atoms with Crippen molar-refractivity contribution in [2.75, 3.05) is 5.32 Å². The Morgan fingerprint density at radius 3 is 2.57 bits per heavy atom. The highest BCUT2D eigenvalue weighted by Gasteiger charge is 2.28. The number of amides is 1. The topological polar surface area (TPSA) is 115 Å². The van der Waals surface area contributed by atoms with Crippen molar-refractivity contribution in [3.8, 4) is 0 Å². The standard InChI is InChI=1S/C14H21N3O3S/c1-9-12(7-4-8-13(9)21(16,19)20)17-14(18)10-5-2-3-6-11(10)15/h4,7-8,10-11H,2-3,5-6,15H2,1H3,(H,17,18)(H2,16,19,20). The fraction of sp³-hybridized carbons (Fsp3) is 0.500. The Kier molecular flexibility index (Phi) is 4.65. The summed E-state index contributed by atoms with van der Waals surface area (Å²) in [6.45, 7) is 1.62. The summed E-state index contributed by atoms with van der Waals surface area (Å²) in [7, 11) is -3.80. The minimum absolute atomic E-state index is 0.0215. The van der Waals surface area contributed by atoms with Gasteiger partial charge in [0.2, 0.25) is 15.9 Å². The second-order valence-corrected chi connectivity index (χ2v) is 7.05. The van der Waals surface area contributed by atoms with E-state index in [1.807, 2.05) is 0 Å². The highest BCUT2D eigenvalue weighted by molar-refractivity contribution is 7.89. The van der Waals surface area contributed by atoms with Crippen molar-refractivity contribution in [3.05, 3.63) is 23.8 Å². The van der Waals surface area contributed by atoms with Crippen molar-refractivity contribution in [1.29, 1.82) is 0 Å². The van der Waals surface area contributed by atoms with E-state index >= 15 is 0 Å². The largest absolute Gasteiger partial charge is 0.327 e. The zero-order chi connectivity index (χ0) is 15.6. The molecule has 6 nitrogen and oxygen atoms in total. The van der Waals surface area contributed by atoms with E-state index in [2.05, 4.69) is 5.32 Å². The maximum atomic E-state index is 12.3. The van der Waals surface area contributed by atoms with Crippen LogP contribution in [0.25, 0.3) is 0 Å². The van der Waals surface area contributed by atoms with Gasteiger partial charge in [0.15, 0.2) is 0 Å². The van der Waals surface area contributed by atoms with Gasteiger partial charge in [-0.15, -0.1) is 0 Å². The number of benzene rings is 1. The van der Waals surface area contributed by atoms with E-state index in [4.69, 9.17) is 10.9 Å². The molecule has 0 saturated heterocycles. The molecule has 1 aliphatic rings. The number of rotatable bonds is 3. The highest BCUT2D eigenvalue weighted by Crippen LogP contribution is 2.26. The molecule has 0 aliphatic heterocycles. The van der Waals surface area contributed by atoms with E-state index in [0.29, 0.717) is 11.3 Å². The van der Waals surface area contributed by atoms with Gasteiger partial charge in [0.1, 0.15) is 0 Å². The lowest BCUT2D eigenvalue weighted by Crippen LogP contribution is -2.40. The molecule has 21 heavy (non-hydrogen) atoms. The molecule has 0 bridgehead atoms. The maximum absolute atomic E-state index is 12.3. The number of nitrogens with two attached hydrogens (primary N) is 2. The lowest BCUT2D eigenvalue weighted by atomic mass is 9.84. The number of hydrogen-bond acceptors (Lipinski definition) is 4. The van der Waals surface area contributed by atoms with E-state index in [1.165, 1.54) is 6.07 Å². The molecule has 1 saturated carbocycles. The number of hydrogen-bond donors (Lipinski definition) is 3. The maximum Gasteiger partial charge on any atom is 0.238 e. The third kappa shape index (κ3) is 3.61. The average molecular weight is 311 g/mol. The van der Waals surface area contributed by atoms with Gasteiger partial charge in [0.25, 0.3) is 0 Å². The van der Waals surface area contributed by atoms with Crippen LogP contribution >= 0.6 is 0 Å². The zero-order valence-electron chi connectivity index (χ0n) is 12.0. The normalized spacial score (nSPS) is 22.8. The molecule has 1 aliphatic carbocycles. The molecule has 2 rings (SSSR count). The summed E-state index contributed by atoms with van der Waals surface area (Å²) in [4.78, 5) is 12.3. The molecular formula is C14H21N3O3S. The quantitative estimate of drug-likeness (QED) is 0.775. The molecule has 0 heterocycles. The second-order valence-electron chi connectivity index (χ2n) is 5.52. The number of carbonyl (C=O) groups excluding carboxylic acids is 1. The van der Waals surface area contributed by atoms with Crippen molar-refractivity contribution < 1.29 is 13.2 Å². The van der Waals surface area contributed by atoms with Gasteiger partial charge in [-0.05, 0) is 37.5 Å². The monoisotopic (exact) mass is 311 g/mol. The lowest BCUT2D eigenvalue weighted by Gasteiger charge is -2.27. The molecule has 116 valence electrons. The summed E-state index contributed by atoms with van der Waals surface area (Å²) < 4.78 is 23.0. The lowest BCUT2D eigenvalue weighted by molar-refractivity contribution is -0.121. The fourth-order valence-corrected chi connectivity index (χ4v) is 3.57. The van der Waals surface area contributed by atoms with Gasteiger partial charge in [0, 0.05) is 11.7 Å². The Morgan fingerprint density at radius 2 is 1.95 bits per heavy atom. The number of nitrogens with one attached hydrogen (secondary N) is 1. The first kappa shape index (κ1) is 15.9. The van der Waals surface area contributed by atoms with E-state index < -0.39 is 10.0 Å². The first-order chi connectivity index (χ1) is 9.80. The molecule has 0 aromatic heterocycles. The molecule has 0 radical (unpaired) electrons. The Hall–Kier alpha value is -1.44. The summed E-state index contributed by atoms with van der Waals surface area (Å²) in [6.07, 6.45) is 3.64. The van der Waals surface area contributed by atoms with Crippen molar-refractivity contribution in [2.24, 2.45) is 16.8 Å². The van der Waals surface area contributed by atoms with E-state index in [1.54, 1.807) is 19.1 Å². The van der Waals surface area contributed by atoms with E-state index in [9.17, 15) is 13.2 Å². The number of anilines is 1. The molecule has 1 amide bonds. The molecular weight excluding hydrogens is 290 g/mol. The first-order valence-electron chi connectivity index (χ1n) is 6.99. The van der Waals surface area contributed by atoms with Crippen LogP contribution in [0.2, 0.25) is 0 Å². The smallest absolute Gasteiger partial charge is 0.238 e. The molecule has 1 fully saturated rings. The van der Waals surface area contributed by atoms with Crippen LogP contribution in [0.4, 0.5) is 5.69 Å². The van der Waals surface area contributed by atoms with Gasteiger partial charge < -0.3 is 11.1 Å². The fourth-order valence-electron chi connectivity index (χ4n) is 2.77. The molecule has 0 spiro atoms. The summed E-state index contributed by atoms with van der Waals surface area (Å²) in [6, 6.07) is 4.51. The molecule has 2 unspecified atom stereocenters. The van der Waals surface area contributed by atoms with Gasteiger partial charge in [-0.3, -0.25) is 4.79 Å². The molecule has 7 heteroatoms. The Labute approximate surface area is 124 Å². The Balaban J connectivity index is 2.22. The van der Waals surface area contributed by atoms with Crippen LogP contribution in [-0.2, 0) is 14.8 Å². The Bertz CT molecular complexity index is 643. The minimum atomic E-state index is -3.80. The van der Waals surface area contributed by atoms with Crippen LogP contribution < -0.4 is 16.2 Å². The molecule has 1 aromatic carbocycles. The predicted octanol–water partition coefficient (Wildman–Crippen LogP) is 1.10. The number of primary sulfonamides is 1. The van der Waals surface area contributed by atoms with Gasteiger partial charge >= 0.3 is 0 Å². The molecule has 1 aromatic rings. The summed E-state index contributed by atoms with van der Waals surface area (Å²) in [5.41, 5.74) is 6.90. The van der Waals surface area contributed by atoms with Crippen molar-refractivity contribution in [3.63, 3.8) is 0 Å². The van der Waals surface area contributed by atoms with Gasteiger partial charge in [-0.25, -0.2) is 13.6 Å². The second kappa shape index (κ2) is 6.13. The van der Waals surface area contributed by atoms with Crippen molar-refractivity contribution in [2.45, 2.75) is 43.5 Å². The average Bonchev–Trinajstić information content (AvgIpc) is 2.40. The van der Waals surface area contributed by atoms with Crippen LogP contribution in [0.1, 0.15) is 31.2 Å². The van der Waals surface area contributed by atoms with Crippen LogP contribution in [0.3, 0.4) is 0 Å². The highest BCUT2D eigenvalue weighted by atomic mass is 32.2. The molecule has 2 atom stereocenters. The predicted molar refractivity (Wildman–Crippen MR) is 81.1 cm³/mol. The summed E-state index contributed by atoms with van der Waals surface area (Å²) >= 11 is 0. The minimum Gasteiger partial charge on any atom is -0.327 e. The van der Waals surface area contributed by atoms with Crippen LogP contribution in [0, 0.1) is 12.8 Å². The first-order valence-corrected chi connectivity index (χ1v) is 8.54. The van der Waals surface area contributed by atoms with Gasteiger partial charge in [-0.2, -0.15) is 0 Å². The summed E-state index contributed by atoms with van der Waals surface area (Å²) in [5, 5.41) is 7.95. The van der Waals surface area contributed by atoms with E-state index in [0.717, 1.165) is 25.7 Å². The SMILES string of the molecule is Cc1c(NC(=O)C2CCCCC2N)cccc1S(N)(=O)=O. The summed E-state index contributed by atoms with van der Waals surface area (Å²) in [5.74, 6) is -0.381. The number of carbonyl (C=O) groups is 1. The number of sulfonamides is 1. The van der Waals surface area contributed by atoms with Crippen molar-refractivity contribution in [1.82, 2.24) is 0 Å². The van der Waals surface area contributed by atoms with E-state index in [-0.39, 0.29) is 22.8 Å².